The molecule has 1 amide bonds. The van der Waals surface area contributed by atoms with E-state index in [9.17, 15) is 23.1 Å². The van der Waals surface area contributed by atoms with Crippen LogP contribution < -0.4 is 10.1 Å². The summed E-state index contributed by atoms with van der Waals surface area (Å²) in [5, 5.41) is 12.0. The summed E-state index contributed by atoms with van der Waals surface area (Å²) in [6, 6.07) is 1.61. The second-order valence-electron chi connectivity index (χ2n) is 6.45. The van der Waals surface area contributed by atoms with Gasteiger partial charge in [-0.1, -0.05) is 18.7 Å². The van der Waals surface area contributed by atoms with Crippen molar-refractivity contribution in [2.75, 3.05) is 12.4 Å². The van der Waals surface area contributed by atoms with Gasteiger partial charge in [0.05, 0.1) is 31.0 Å². The molecule has 0 unspecified atom stereocenters. The van der Waals surface area contributed by atoms with E-state index in [1.807, 2.05) is 6.08 Å². The summed E-state index contributed by atoms with van der Waals surface area (Å²) in [7, 11) is 1.43. The summed E-state index contributed by atoms with van der Waals surface area (Å²) in [5.74, 6) is -1.37. The molecule has 148 valence electrons. The topological polar surface area (TPSA) is 71.5 Å². The predicted molar refractivity (Wildman–Crippen MR) is 96.1 cm³/mol. The van der Waals surface area contributed by atoms with Gasteiger partial charge in [-0.2, -0.15) is 13.2 Å². The number of nitrogens with one attached hydrogen (secondary N) is 1. The maximum Gasteiger partial charge on any atom is 0.391 e. The van der Waals surface area contributed by atoms with Crippen LogP contribution in [0.3, 0.4) is 0 Å². The van der Waals surface area contributed by atoms with E-state index in [0.717, 1.165) is 6.08 Å². The summed E-state index contributed by atoms with van der Waals surface area (Å²) >= 11 is 0. The van der Waals surface area contributed by atoms with E-state index < -0.39 is 24.6 Å². The van der Waals surface area contributed by atoms with E-state index in [0.29, 0.717) is 24.1 Å². The van der Waals surface area contributed by atoms with Crippen LogP contribution >= 0.6 is 0 Å². The van der Waals surface area contributed by atoms with Crippen LogP contribution in [0.5, 0.6) is 5.88 Å². The van der Waals surface area contributed by atoms with Crippen molar-refractivity contribution in [3.8, 4) is 5.88 Å². The van der Waals surface area contributed by atoms with Crippen LogP contribution in [0.4, 0.5) is 18.9 Å². The number of methoxy groups -OCH3 is 1. The number of alkyl halides is 3. The first-order chi connectivity index (χ1) is 12.8. The number of rotatable bonds is 6. The van der Waals surface area contributed by atoms with Gasteiger partial charge in [-0.25, -0.2) is 4.98 Å². The molecule has 0 spiro atoms. The number of ether oxygens (including phenoxy) is 1. The molecule has 1 fully saturated rings. The number of aliphatic hydroxyl groups is 1. The Balaban J connectivity index is 2.17. The lowest BCUT2D eigenvalue weighted by Crippen LogP contribution is -2.27. The number of aliphatic hydroxyl groups excluding tert-OH is 1. The minimum Gasteiger partial charge on any atom is -0.481 e. The van der Waals surface area contributed by atoms with Gasteiger partial charge in [0.25, 0.3) is 0 Å². The van der Waals surface area contributed by atoms with Crippen molar-refractivity contribution in [3.63, 3.8) is 0 Å². The lowest BCUT2D eigenvalue weighted by atomic mass is 9.81. The van der Waals surface area contributed by atoms with E-state index in [-0.39, 0.29) is 30.3 Å². The lowest BCUT2D eigenvalue weighted by molar-refractivity contribution is -0.183. The van der Waals surface area contributed by atoms with Crippen LogP contribution in [-0.2, 0) is 11.4 Å². The Morgan fingerprint density at radius 1 is 1.41 bits per heavy atom. The van der Waals surface area contributed by atoms with Gasteiger partial charge >= 0.3 is 6.18 Å². The maximum atomic E-state index is 12.8. The Labute approximate surface area is 155 Å². The van der Waals surface area contributed by atoms with Crippen molar-refractivity contribution in [1.29, 1.82) is 0 Å². The fourth-order valence-electron chi connectivity index (χ4n) is 3.12. The molecule has 0 radical (unpaired) electrons. The molecule has 1 heterocycles. The summed E-state index contributed by atoms with van der Waals surface area (Å²) in [4.78, 5) is 15.7. The smallest absolute Gasteiger partial charge is 0.391 e. The maximum absolute atomic E-state index is 12.8. The Kier molecular flexibility index (Phi) is 7.01. The fourth-order valence-corrected chi connectivity index (χ4v) is 3.12. The van der Waals surface area contributed by atoms with Gasteiger partial charge in [-0.05, 0) is 43.7 Å². The second kappa shape index (κ2) is 9.03. The van der Waals surface area contributed by atoms with Crippen LogP contribution in [0.1, 0.15) is 36.9 Å². The van der Waals surface area contributed by atoms with Crippen molar-refractivity contribution in [1.82, 2.24) is 4.98 Å². The molecule has 1 aromatic heterocycles. The average Bonchev–Trinajstić information content (AvgIpc) is 2.65. The van der Waals surface area contributed by atoms with Crippen molar-refractivity contribution in [2.24, 2.45) is 11.8 Å². The third-order valence-electron chi connectivity index (χ3n) is 4.66. The molecule has 1 aromatic rings. The number of hydrogen-bond donors (Lipinski definition) is 2. The van der Waals surface area contributed by atoms with Gasteiger partial charge in [0, 0.05) is 5.56 Å². The van der Waals surface area contributed by atoms with Crippen LogP contribution in [0, 0.1) is 11.8 Å². The highest BCUT2D eigenvalue weighted by Crippen LogP contribution is 2.40. The third kappa shape index (κ3) is 5.56. The molecule has 2 rings (SSSR count). The molecule has 0 bridgehead atoms. The minimum atomic E-state index is -4.12. The number of nitrogens with zero attached hydrogens (tertiary/aromatic N) is 1. The van der Waals surface area contributed by atoms with Gasteiger partial charge in [-0.15, -0.1) is 0 Å². The van der Waals surface area contributed by atoms with E-state index in [1.54, 1.807) is 12.1 Å². The van der Waals surface area contributed by atoms with Gasteiger partial charge < -0.3 is 15.2 Å². The average molecular weight is 384 g/mol. The quantitative estimate of drug-likeness (QED) is 0.725. The molecule has 0 aromatic carbocycles. The fraction of sp³-hybridized carbons (Fsp3) is 0.474. The lowest BCUT2D eigenvalue weighted by Gasteiger charge is -2.28. The largest absolute Gasteiger partial charge is 0.481 e. The molecule has 5 nitrogen and oxygen atoms in total. The zero-order chi connectivity index (χ0) is 20.0. The van der Waals surface area contributed by atoms with Crippen LogP contribution in [0.25, 0.3) is 6.08 Å². The normalized spacial score (nSPS) is 20.5. The molecule has 0 aliphatic heterocycles. The highest BCUT2D eigenvalue weighted by atomic mass is 19.4. The second-order valence-corrected chi connectivity index (χ2v) is 6.45. The molecule has 0 saturated heterocycles. The van der Waals surface area contributed by atoms with Crippen LogP contribution in [-0.4, -0.2) is 29.3 Å². The molecule has 27 heavy (non-hydrogen) atoms. The van der Waals surface area contributed by atoms with Crippen molar-refractivity contribution < 1.29 is 27.8 Å². The first kappa shape index (κ1) is 21.0. The molecule has 2 N–H and O–H groups in total. The monoisotopic (exact) mass is 384 g/mol. The highest BCUT2D eigenvalue weighted by Gasteiger charge is 2.40. The number of amides is 1. The SMILES string of the molecule is C=CC(=O)Nc1cc(/C=C/[C@H]2CC[C@H](C(F)(F)F)CC2)c(OC)nc1CO. The summed E-state index contributed by atoms with van der Waals surface area (Å²) in [6.45, 7) is 2.98. The number of aromatic nitrogens is 1. The Bertz CT molecular complexity index is 709. The molecule has 0 atom stereocenters. The summed E-state index contributed by atoms with van der Waals surface area (Å²) < 4.78 is 43.5. The zero-order valence-corrected chi connectivity index (χ0v) is 15.1. The number of allylic oxidation sites excluding steroid dienone is 1. The predicted octanol–water partition coefficient (Wildman–Crippen LogP) is 4.09. The van der Waals surface area contributed by atoms with Crippen LogP contribution in [0.2, 0.25) is 0 Å². The van der Waals surface area contributed by atoms with Crippen LogP contribution in [0.15, 0.2) is 24.8 Å². The molecule has 1 aliphatic carbocycles. The van der Waals surface area contributed by atoms with Gasteiger partial charge in [0.1, 0.15) is 0 Å². The van der Waals surface area contributed by atoms with E-state index in [2.05, 4.69) is 16.9 Å². The van der Waals surface area contributed by atoms with E-state index in [4.69, 9.17) is 4.74 Å². The number of pyridine rings is 1. The number of hydrogen-bond acceptors (Lipinski definition) is 4. The van der Waals surface area contributed by atoms with E-state index in [1.165, 1.54) is 7.11 Å². The first-order valence-electron chi connectivity index (χ1n) is 8.65. The Morgan fingerprint density at radius 2 is 2.07 bits per heavy atom. The minimum absolute atomic E-state index is 0.0389. The standard InChI is InChI=1S/C19H23F3N2O3/c1-3-17(26)23-15-10-13(18(27-2)24-16(15)11-25)7-4-12-5-8-14(9-6-12)19(20,21)22/h3-4,7,10,12,14,25H,1,5-6,8-9,11H2,2H3,(H,23,26)/b7-4+/t12-,14-. The molecule has 8 heteroatoms. The van der Waals surface area contributed by atoms with Gasteiger partial charge in [0.2, 0.25) is 11.8 Å². The van der Waals surface area contributed by atoms with Crippen molar-refractivity contribution >= 4 is 17.7 Å². The molecule has 1 saturated carbocycles. The summed E-state index contributed by atoms with van der Waals surface area (Å²) in [5.41, 5.74) is 1.13. The number of carbonyl (C=O) groups is 1. The van der Waals surface area contributed by atoms with Crippen molar-refractivity contribution in [3.05, 3.63) is 36.1 Å². The van der Waals surface area contributed by atoms with Gasteiger partial charge in [0.15, 0.2) is 0 Å². The molecular formula is C19H23F3N2O3. The molecular weight excluding hydrogens is 361 g/mol. The number of carbonyl (C=O) groups excluding carboxylic acids is 1. The zero-order valence-electron chi connectivity index (χ0n) is 15.1. The summed E-state index contributed by atoms with van der Waals surface area (Å²) in [6.07, 6.45) is 1.73. The van der Waals surface area contributed by atoms with Gasteiger partial charge in [-0.3, -0.25) is 4.79 Å². The molecule has 1 aliphatic rings. The highest BCUT2D eigenvalue weighted by molar-refractivity contribution is 5.99. The van der Waals surface area contributed by atoms with E-state index >= 15 is 0 Å². The first-order valence-corrected chi connectivity index (χ1v) is 8.65. The number of anilines is 1. The third-order valence-corrected chi connectivity index (χ3v) is 4.66. The van der Waals surface area contributed by atoms with Crippen molar-refractivity contribution in [2.45, 2.75) is 38.5 Å². The Hall–Kier alpha value is -2.35. The Morgan fingerprint density at radius 3 is 2.59 bits per heavy atom. The number of halogens is 3.